The summed E-state index contributed by atoms with van der Waals surface area (Å²) in [5.74, 6) is -2.87. The van der Waals surface area contributed by atoms with Gasteiger partial charge in [-0.15, -0.1) is 0 Å². The summed E-state index contributed by atoms with van der Waals surface area (Å²) in [7, 11) is 0. The van der Waals surface area contributed by atoms with E-state index < -0.39 is 5.92 Å². The number of hydrogen-bond acceptors (Lipinski definition) is 1. The number of aryl methyl sites for hydroxylation is 1. The minimum atomic E-state index is -2.87. The summed E-state index contributed by atoms with van der Waals surface area (Å²) in [5, 5.41) is 0. The molecule has 1 unspecified atom stereocenters. The number of halogens is 2. The van der Waals surface area contributed by atoms with E-state index in [1.54, 1.807) is 22.8 Å². The Labute approximate surface area is 123 Å². The second-order valence-electron chi connectivity index (χ2n) is 5.83. The zero-order chi connectivity index (χ0) is 14.9. The van der Waals surface area contributed by atoms with Gasteiger partial charge in [-0.1, -0.05) is 36.8 Å². The van der Waals surface area contributed by atoms with Crippen molar-refractivity contribution >= 4 is 0 Å². The number of nitrogens with zero attached hydrogens (tertiary/aromatic N) is 1. The molecular formula is C17H20F2N2. The molecule has 2 N–H and O–H groups in total. The highest BCUT2D eigenvalue weighted by Crippen LogP contribution is 2.32. The van der Waals surface area contributed by atoms with E-state index in [9.17, 15) is 8.78 Å². The highest BCUT2D eigenvalue weighted by molar-refractivity contribution is 5.29. The Hall–Kier alpha value is -1.68. The first-order valence-electron chi connectivity index (χ1n) is 7.44. The van der Waals surface area contributed by atoms with Crippen LogP contribution in [0.5, 0.6) is 0 Å². The van der Waals surface area contributed by atoms with Gasteiger partial charge in [-0.25, -0.2) is 0 Å². The number of fused-ring (bicyclic) bond motifs is 1. The summed E-state index contributed by atoms with van der Waals surface area (Å²) < 4.78 is 30.3. The lowest BCUT2D eigenvalue weighted by Gasteiger charge is -2.17. The molecule has 1 aromatic heterocycles. The molecule has 0 radical (unpaired) electrons. The lowest BCUT2D eigenvalue weighted by atomic mass is 10.1. The van der Waals surface area contributed by atoms with E-state index in [0.29, 0.717) is 0 Å². The van der Waals surface area contributed by atoms with Gasteiger partial charge < -0.3 is 10.3 Å². The number of aromatic nitrogens is 1. The minimum Gasteiger partial charge on any atom is -0.347 e. The predicted molar refractivity (Wildman–Crippen MR) is 79.3 cm³/mol. The van der Waals surface area contributed by atoms with Crippen molar-refractivity contribution in [1.29, 1.82) is 0 Å². The molecule has 21 heavy (non-hydrogen) atoms. The molecule has 3 rings (SSSR count). The van der Waals surface area contributed by atoms with Gasteiger partial charge in [-0.2, -0.15) is 8.78 Å². The first kappa shape index (κ1) is 14.3. The van der Waals surface area contributed by atoms with Crippen molar-refractivity contribution < 1.29 is 8.78 Å². The predicted octanol–water partition coefficient (Wildman–Crippen LogP) is 4.01. The second-order valence-corrected chi connectivity index (χ2v) is 5.83. The Morgan fingerprint density at radius 1 is 1.14 bits per heavy atom. The third-order valence-corrected chi connectivity index (χ3v) is 4.19. The lowest BCUT2D eigenvalue weighted by Crippen LogP contribution is -2.20. The second kappa shape index (κ2) is 5.60. The summed E-state index contributed by atoms with van der Waals surface area (Å²) in [4.78, 5) is 0. The topological polar surface area (TPSA) is 30.9 Å². The van der Waals surface area contributed by atoms with E-state index in [-0.39, 0.29) is 18.2 Å². The monoisotopic (exact) mass is 290 g/mol. The van der Waals surface area contributed by atoms with Gasteiger partial charge in [-0.05, 0) is 30.4 Å². The molecule has 2 nitrogen and oxygen atoms in total. The fourth-order valence-corrected chi connectivity index (χ4v) is 3.05. The van der Waals surface area contributed by atoms with Crippen molar-refractivity contribution in [3.8, 4) is 0 Å². The fourth-order valence-electron chi connectivity index (χ4n) is 3.05. The quantitative estimate of drug-likeness (QED) is 0.851. The van der Waals surface area contributed by atoms with Crippen LogP contribution in [0.3, 0.4) is 0 Å². The lowest BCUT2D eigenvalue weighted by molar-refractivity contribution is -0.0222. The minimum absolute atomic E-state index is 0.0194. The molecule has 1 heterocycles. The Morgan fingerprint density at radius 2 is 1.90 bits per heavy atom. The molecule has 1 aromatic carbocycles. The van der Waals surface area contributed by atoms with Crippen molar-refractivity contribution in [1.82, 2.24) is 4.57 Å². The van der Waals surface area contributed by atoms with Crippen LogP contribution >= 0.6 is 0 Å². The molecule has 112 valence electrons. The maximum Gasteiger partial charge on any atom is 0.290 e. The van der Waals surface area contributed by atoms with Crippen LogP contribution in [0, 0.1) is 0 Å². The summed E-state index contributed by atoms with van der Waals surface area (Å²) in [5.41, 5.74) is 8.35. The highest BCUT2D eigenvalue weighted by atomic mass is 19.3. The van der Waals surface area contributed by atoms with Gasteiger partial charge >= 0.3 is 0 Å². The number of hydrogen-bond donors (Lipinski definition) is 1. The van der Waals surface area contributed by atoms with Crippen molar-refractivity contribution in [2.75, 3.05) is 0 Å². The van der Waals surface area contributed by atoms with Gasteiger partial charge in [0.2, 0.25) is 0 Å². The third-order valence-electron chi connectivity index (χ3n) is 4.19. The van der Waals surface area contributed by atoms with Crippen LogP contribution in [0.4, 0.5) is 8.78 Å². The van der Waals surface area contributed by atoms with E-state index >= 15 is 0 Å². The maximum absolute atomic E-state index is 14.3. The Kier molecular flexibility index (Phi) is 3.81. The van der Waals surface area contributed by atoms with E-state index in [4.69, 9.17) is 5.73 Å². The summed E-state index contributed by atoms with van der Waals surface area (Å²) in [6.07, 6.45) is 7.72. The van der Waals surface area contributed by atoms with E-state index in [1.165, 1.54) is 12.1 Å². The summed E-state index contributed by atoms with van der Waals surface area (Å²) in [6.45, 7) is -0.337. The van der Waals surface area contributed by atoms with Gasteiger partial charge in [0.1, 0.15) is 0 Å². The van der Waals surface area contributed by atoms with Crippen LogP contribution in [-0.4, -0.2) is 4.57 Å². The first-order valence-corrected chi connectivity index (χ1v) is 7.44. The number of rotatable bonds is 3. The molecule has 0 aliphatic heterocycles. The normalized spacial score (nSPS) is 19.1. The molecule has 4 heteroatoms. The Morgan fingerprint density at radius 3 is 2.67 bits per heavy atom. The fraction of sp³-hybridized carbons (Fsp3) is 0.412. The van der Waals surface area contributed by atoms with Crippen LogP contribution in [0.1, 0.15) is 42.0 Å². The van der Waals surface area contributed by atoms with Crippen molar-refractivity contribution in [2.45, 2.75) is 44.2 Å². The highest BCUT2D eigenvalue weighted by Gasteiger charge is 2.32. The van der Waals surface area contributed by atoms with Gasteiger partial charge in [-0.3, -0.25) is 0 Å². The maximum atomic E-state index is 14.3. The van der Waals surface area contributed by atoms with Crippen LogP contribution in [0.25, 0.3) is 0 Å². The molecule has 0 bridgehead atoms. The SMILES string of the molecule is NC1CCCCc2cn(CC(F)(F)c3ccccc3)cc21. The molecule has 1 aliphatic rings. The molecule has 0 fully saturated rings. The van der Waals surface area contributed by atoms with Crippen LogP contribution in [-0.2, 0) is 18.9 Å². The number of alkyl halides is 2. The molecule has 1 aliphatic carbocycles. The Balaban J connectivity index is 1.84. The number of benzene rings is 1. The van der Waals surface area contributed by atoms with Crippen LogP contribution in [0.2, 0.25) is 0 Å². The molecule has 2 aromatic rings. The Bertz CT molecular complexity index is 605. The van der Waals surface area contributed by atoms with E-state index in [1.807, 2.05) is 12.4 Å². The molecular weight excluding hydrogens is 270 g/mol. The van der Waals surface area contributed by atoms with Gasteiger partial charge in [0.25, 0.3) is 5.92 Å². The molecule has 0 spiro atoms. The first-order chi connectivity index (χ1) is 10.1. The van der Waals surface area contributed by atoms with Crippen molar-refractivity contribution in [3.05, 3.63) is 59.4 Å². The van der Waals surface area contributed by atoms with Gasteiger partial charge in [0.15, 0.2) is 0 Å². The summed E-state index contributed by atoms with van der Waals surface area (Å²) >= 11 is 0. The smallest absolute Gasteiger partial charge is 0.290 e. The molecule has 0 saturated heterocycles. The average Bonchev–Trinajstić information content (AvgIpc) is 2.78. The standard InChI is InChI=1S/C17H20F2N2/c18-17(19,14-7-2-1-3-8-14)12-21-10-13-6-4-5-9-16(20)15(13)11-21/h1-3,7-8,10-11,16H,4-6,9,12,20H2. The van der Waals surface area contributed by atoms with E-state index in [2.05, 4.69) is 0 Å². The van der Waals surface area contributed by atoms with Crippen molar-refractivity contribution in [2.24, 2.45) is 5.73 Å². The zero-order valence-electron chi connectivity index (χ0n) is 11.9. The van der Waals surface area contributed by atoms with Crippen LogP contribution in [0.15, 0.2) is 42.7 Å². The number of nitrogens with two attached hydrogens (primary N) is 1. The van der Waals surface area contributed by atoms with E-state index in [0.717, 1.165) is 36.8 Å². The molecule has 0 amide bonds. The average molecular weight is 290 g/mol. The summed E-state index contributed by atoms with van der Waals surface area (Å²) in [6, 6.07) is 7.96. The zero-order valence-corrected chi connectivity index (χ0v) is 11.9. The third kappa shape index (κ3) is 3.00. The van der Waals surface area contributed by atoms with Gasteiger partial charge in [0.05, 0.1) is 6.54 Å². The van der Waals surface area contributed by atoms with Gasteiger partial charge in [0, 0.05) is 24.0 Å². The van der Waals surface area contributed by atoms with Crippen LogP contribution < -0.4 is 5.73 Å². The largest absolute Gasteiger partial charge is 0.347 e. The van der Waals surface area contributed by atoms with Crippen molar-refractivity contribution in [3.63, 3.8) is 0 Å². The molecule has 0 saturated carbocycles. The molecule has 1 atom stereocenters.